The molecule has 3 aromatic rings. The van der Waals surface area contributed by atoms with Crippen molar-refractivity contribution in [2.24, 2.45) is 11.3 Å². The lowest BCUT2D eigenvalue weighted by atomic mass is 9.66. The maximum atomic E-state index is 13.8. The average Bonchev–Trinajstić information content (AvgIpc) is 2.93. The zero-order chi connectivity index (χ0) is 29.9. The molecule has 1 aliphatic rings. The third-order valence-corrected chi connectivity index (χ3v) is 8.23. The first-order valence-corrected chi connectivity index (χ1v) is 14.3. The Morgan fingerprint density at radius 3 is 2.29 bits per heavy atom. The van der Waals surface area contributed by atoms with Gasteiger partial charge in [0.1, 0.15) is 6.04 Å². The molecule has 216 valence electrons. The summed E-state index contributed by atoms with van der Waals surface area (Å²) in [5, 5.41) is 18.1. The van der Waals surface area contributed by atoms with Crippen LogP contribution in [0, 0.1) is 11.3 Å². The number of nitrogens with one attached hydrogen (secondary N) is 2. The predicted molar refractivity (Wildman–Crippen MR) is 163 cm³/mol. The molecule has 1 aliphatic heterocycles. The van der Waals surface area contributed by atoms with Gasteiger partial charge in [0.15, 0.2) is 0 Å². The van der Waals surface area contributed by atoms with Crippen LogP contribution < -0.4 is 10.6 Å². The molecular formula is C33H38ClN3O4. The first-order chi connectivity index (χ1) is 19.3. The summed E-state index contributed by atoms with van der Waals surface area (Å²) in [4.78, 5) is 40.7. The van der Waals surface area contributed by atoms with Crippen molar-refractivity contribution in [2.45, 2.75) is 52.7 Å². The number of hydrogen-bond acceptors (Lipinski definition) is 4. The van der Waals surface area contributed by atoms with Gasteiger partial charge in [-0.2, -0.15) is 0 Å². The monoisotopic (exact) mass is 575 g/mol. The Labute approximate surface area is 246 Å². The first kappa shape index (κ1) is 30.3. The van der Waals surface area contributed by atoms with Crippen molar-refractivity contribution in [1.29, 1.82) is 0 Å². The fourth-order valence-electron chi connectivity index (χ4n) is 5.57. The number of amides is 3. The van der Waals surface area contributed by atoms with Crippen LogP contribution in [0.15, 0.2) is 72.8 Å². The Kier molecular flexibility index (Phi) is 8.90. The molecule has 1 fully saturated rings. The molecule has 3 N–H and O–H groups in total. The highest BCUT2D eigenvalue weighted by atomic mass is 35.5. The van der Waals surface area contributed by atoms with Gasteiger partial charge in [0.25, 0.3) is 5.91 Å². The van der Waals surface area contributed by atoms with Gasteiger partial charge < -0.3 is 20.6 Å². The molecular weight excluding hydrogens is 538 g/mol. The quantitative estimate of drug-likeness (QED) is 0.328. The molecule has 7 nitrogen and oxygen atoms in total. The van der Waals surface area contributed by atoms with Crippen LogP contribution in [0.2, 0.25) is 5.02 Å². The van der Waals surface area contributed by atoms with Crippen molar-refractivity contribution in [3.05, 3.63) is 88.9 Å². The van der Waals surface area contributed by atoms with Crippen molar-refractivity contribution < 1.29 is 19.5 Å². The summed E-state index contributed by atoms with van der Waals surface area (Å²) in [7, 11) is 0. The molecule has 1 saturated heterocycles. The molecule has 3 aromatic carbocycles. The van der Waals surface area contributed by atoms with Gasteiger partial charge >= 0.3 is 0 Å². The summed E-state index contributed by atoms with van der Waals surface area (Å²) < 4.78 is 0. The molecule has 0 aliphatic carbocycles. The summed E-state index contributed by atoms with van der Waals surface area (Å²) in [6, 6.07) is 21.0. The Bertz CT molecular complexity index is 1440. The molecule has 4 rings (SSSR count). The molecule has 8 heteroatoms. The second-order valence-corrected chi connectivity index (χ2v) is 12.2. The van der Waals surface area contributed by atoms with Gasteiger partial charge in [-0.1, -0.05) is 81.8 Å². The minimum absolute atomic E-state index is 0.157. The van der Waals surface area contributed by atoms with Crippen LogP contribution in [0.25, 0.3) is 11.1 Å². The number of likely N-dealkylation sites (tertiary alicyclic amines) is 1. The van der Waals surface area contributed by atoms with E-state index < -0.39 is 17.1 Å². The Hall–Kier alpha value is -3.68. The van der Waals surface area contributed by atoms with E-state index >= 15 is 0 Å². The SMILES string of the molecule is CC(=O)Nc1ccccc1-c1cccc(C(=O)N[C@@H](C(=O)N2CC[C@](O)(c3ccc(Cl)cc3)C(C)(C)C2)C(C)C)c1. The highest BCUT2D eigenvalue weighted by Gasteiger charge is 2.50. The van der Waals surface area contributed by atoms with E-state index in [-0.39, 0.29) is 23.6 Å². The van der Waals surface area contributed by atoms with Crippen molar-refractivity contribution in [1.82, 2.24) is 10.2 Å². The van der Waals surface area contributed by atoms with E-state index in [1.165, 1.54) is 6.92 Å². The van der Waals surface area contributed by atoms with Crippen LogP contribution in [-0.2, 0) is 15.2 Å². The number of carbonyl (C=O) groups is 3. The van der Waals surface area contributed by atoms with E-state index in [4.69, 9.17) is 11.6 Å². The topological polar surface area (TPSA) is 98.7 Å². The molecule has 0 saturated carbocycles. The van der Waals surface area contributed by atoms with E-state index in [9.17, 15) is 19.5 Å². The number of piperidine rings is 1. The molecule has 0 unspecified atom stereocenters. The van der Waals surface area contributed by atoms with E-state index in [2.05, 4.69) is 10.6 Å². The number of halogens is 1. The van der Waals surface area contributed by atoms with Crippen molar-refractivity contribution >= 4 is 35.0 Å². The molecule has 3 amide bonds. The normalized spacial score (nSPS) is 19.0. The van der Waals surface area contributed by atoms with Gasteiger partial charge in [-0.15, -0.1) is 0 Å². The highest BCUT2D eigenvalue weighted by molar-refractivity contribution is 6.30. The van der Waals surface area contributed by atoms with Crippen molar-refractivity contribution in [3.8, 4) is 11.1 Å². The number of hydrogen-bond donors (Lipinski definition) is 3. The third kappa shape index (κ3) is 6.47. The highest BCUT2D eigenvalue weighted by Crippen LogP contribution is 2.46. The van der Waals surface area contributed by atoms with Gasteiger partial charge in [0.05, 0.1) is 5.60 Å². The summed E-state index contributed by atoms with van der Waals surface area (Å²) >= 11 is 6.06. The van der Waals surface area contributed by atoms with Gasteiger partial charge in [0.2, 0.25) is 11.8 Å². The molecule has 0 bridgehead atoms. The molecule has 0 radical (unpaired) electrons. The predicted octanol–water partition coefficient (Wildman–Crippen LogP) is 5.87. The molecule has 2 atom stereocenters. The second kappa shape index (κ2) is 12.0. The van der Waals surface area contributed by atoms with Gasteiger partial charge in [-0.05, 0) is 53.8 Å². The second-order valence-electron chi connectivity index (χ2n) is 11.8. The molecule has 1 heterocycles. The zero-order valence-corrected chi connectivity index (χ0v) is 25.0. The lowest BCUT2D eigenvalue weighted by Crippen LogP contribution is -2.60. The fourth-order valence-corrected chi connectivity index (χ4v) is 5.69. The lowest BCUT2D eigenvalue weighted by Gasteiger charge is -2.51. The minimum atomic E-state index is -1.13. The number of nitrogens with zero attached hydrogens (tertiary/aromatic N) is 1. The third-order valence-electron chi connectivity index (χ3n) is 7.98. The summed E-state index contributed by atoms with van der Waals surface area (Å²) in [5.74, 6) is -0.871. The zero-order valence-electron chi connectivity index (χ0n) is 24.2. The number of rotatable bonds is 7. The first-order valence-electron chi connectivity index (χ1n) is 13.9. The minimum Gasteiger partial charge on any atom is -0.384 e. The Morgan fingerprint density at radius 1 is 0.976 bits per heavy atom. The summed E-state index contributed by atoms with van der Waals surface area (Å²) in [6.07, 6.45) is 0.363. The van der Waals surface area contributed by atoms with Crippen molar-refractivity contribution in [2.75, 3.05) is 18.4 Å². The standard InChI is InChI=1S/C33H38ClN3O4/c1-21(2)29(31(40)37-18-17-33(41,32(4,5)20-37)25-13-15-26(34)16-14-25)36-30(39)24-10-8-9-23(19-24)27-11-6-7-12-28(27)35-22(3)38/h6-16,19,21,29,41H,17-18,20H2,1-5H3,(H,35,38)(H,36,39)/t29-,33+/m1/s1. The summed E-state index contributed by atoms with van der Waals surface area (Å²) in [5.41, 5.74) is 1.63. The van der Waals surface area contributed by atoms with Gasteiger partial charge in [0, 0.05) is 47.3 Å². The maximum Gasteiger partial charge on any atom is 0.251 e. The largest absolute Gasteiger partial charge is 0.384 e. The van der Waals surface area contributed by atoms with E-state index in [0.29, 0.717) is 35.8 Å². The number of anilines is 1. The van der Waals surface area contributed by atoms with E-state index in [0.717, 1.165) is 16.7 Å². The number of para-hydroxylation sites is 1. The van der Waals surface area contributed by atoms with Crippen LogP contribution in [0.5, 0.6) is 0 Å². The van der Waals surface area contributed by atoms with E-state index in [1.54, 1.807) is 35.2 Å². The summed E-state index contributed by atoms with van der Waals surface area (Å²) in [6.45, 7) is 9.85. The fraction of sp³-hybridized carbons (Fsp3) is 0.364. The lowest BCUT2D eigenvalue weighted by molar-refractivity contribution is -0.155. The number of aliphatic hydroxyl groups is 1. The molecule has 0 aromatic heterocycles. The van der Waals surface area contributed by atoms with Gasteiger partial charge in [-0.25, -0.2) is 0 Å². The van der Waals surface area contributed by atoms with E-state index in [1.807, 2.05) is 70.2 Å². The Balaban J connectivity index is 1.52. The molecule has 41 heavy (non-hydrogen) atoms. The van der Waals surface area contributed by atoms with Crippen LogP contribution >= 0.6 is 11.6 Å². The smallest absolute Gasteiger partial charge is 0.251 e. The van der Waals surface area contributed by atoms with Gasteiger partial charge in [-0.3, -0.25) is 14.4 Å². The van der Waals surface area contributed by atoms with Crippen LogP contribution in [0.1, 0.15) is 57.0 Å². The molecule has 0 spiro atoms. The van der Waals surface area contributed by atoms with Crippen LogP contribution in [0.3, 0.4) is 0 Å². The van der Waals surface area contributed by atoms with Crippen LogP contribution in [-0.4, -0.2) is 46.9 Å². The van der Waals surface area contributed by atoms with Crippen molar-refractivity contribution in [3.63, 3.8) is 0 Å². The average molecular weight is 576 g/mol. The van der Waals surface area contributed by atoms with Crippen LogP contribution in [0.4, 0.5) is 5.69 Å². The maximum absolute atomic E-state index is 13.8. The Morgan fingerprint density at radius 2 is 1.66 bits per heavy atom. The number of benzene rings is 3. The number of carbonyl (C=O) groups excluding carboxylic acids is 3.